The molecule has 3 N–H and O–H groups in total. The summed E-state index contributed by atoms with van der Waals surface area (Å²) < 4.78 is 0. The second-order valence-electron chi connectivity index (χ2n) is 5.76. The smallest absolute Gasteiger partial charge is 0.305 e. The molecule has 0 bridgehead atoms. The molecule has 0 heterocycles. The van der Waals surface area contributed by atoms with Crippen LogP contribution >= 0.6 is 0 Å². The molecule has 1 rings (SSSR count). The van der Waals surface area contributed by atoms with Gasteiger partial charge in [-0.25, -0.2) is 0 Å². The van der Waals surface area contributed by atoms with Gasteiger partial charge in [-0.15, -0.1) is 0 Å². The number of aliphatic carboxylic acids is 1. The van der Waals surface area contributed by atoms with Gasteiger partial charge in [0.25, 0.3) is 0 Å². The van der Waals surface area contributed by atoms with Gasteiger partial charge in [0.15, 0.2) is 5.78 Å². The monoisotopic (exact) mass is 348 g/mol. The van der Waals surface area contributed by atoms with Gasteiger partial charge in [0, 0.05) is 24.9 Å². The Bertz CT molecular complexity index is 625. The van der Waals surface area contributed by atoms with Crippen molar-refractivity contribution in [2.45, 2.75) is 45.6 Å². The number of ketones is 1. The van der Waals surface area contributed by atoms with Crippen LogP contribution in [0.3, 0.4) is 0 Å². The van der Waals surface area contributed by atoms with E-state index in [1.807, 2.05) is 6.92 Å². The first-order valence-electron chi connectivity index (χ1n) is 8.22. The Morgan fingerprint density at radius 1 is 1.08 bits per heavy atom. The van der Waals surface area contributed by atoms with Crippen LogP contribution in [-0.4, -0.2) is 41.3 Å². The van der Waals surface area contributed by atoms with Gasteiger partial charge in [0.2, 0.25) is 11.8 Å². The zero-order chi connectivity index (χ0) is 18.8. The van der Waals surface area contributed by atoms with Crippen molar-refractivity contribution in [2.75, 3.05) is 6.54 Å². The Balaban J connectivity index is 2.78. The summed E-state index contributed by atoms with van der Waals surface area (Å²) in [6.45, 7) is 3.33. The maximum atomic E-state index is 12.3. The molecule has 1 aromatic carbocycles. The first kappa shape index (κ1) is 20.3. The van der Waals surface area contributed by atoms with Crippen LogP contribution in [0, 0.1) is 0 Å². The maximum absolute atomic E-state index is 12.3. The fourth-order valence-electron chi connectivity index (χ4n) is 2.23. The standard InChI is InChI=1S/C18H24N2O5/c1-3-4-16(22)20-15(18(25)19-10-9-17(23)24)11-13-5-7-14(8-6-13)12(2)21/h5-8,15H,3-4,9-11H2,1-2H3,(H,19,25)(H,20,22)(H,23,24)/t15-/m0/s1. The predicted octanol–water partition coefficient (Wildman–Crippen LogP) is 1.31. The lowest BCUT2D eigenvalue weighted by Crippen LogP contribution is -2.48. The van der Waals surface area contributed by atoms with E-state index in [-0.39, 0.29) is 31.1 Å². The molecule has 0 aliphatic heterocycles. The van der Waals surface area contributed by atoms with Crippen LogP contribution in [0.1, 0.15) is 49.0 Å². The van der Waals surface area contributed by atoms with E-state index in [0.717, 1.165) is 5.56 Å². The van der Waals surface area contributed by atoms with Crippen molar-refractivity contribution < 1.29 is 24.3 Å². The lowest BCUT2D eigenvalue weighted by molar-refractivity contribution is -0.137. The molecule has 0 aliphatic rings. The molecule has 0 unspecified atom stereocenters. The van der Waals surface area contributed by atoms with E-state index >= 15 is 0 Å². The molecule has 2 amide bonds. The normalized spacial score (nSPS) is 11.4. The number of carboxylic acid groups (broad SMARTS) is 1. The lowest BCUT2D eigenvalue weighted by Gasteiger charge is -2.18. The summed E-state index contributed by atoms with van der Waals surface area (Å²) in [4.78, 5) is 46.0. The molecule has 1 atom stereocenters. The number of amides is 2. The fraction of sp³-hybridized carbons (Fsp3) is 0.444. The Hall–Kier alpha value is -2.70. The zero-order valence-corrected chi connectivity index (χ0v) is 14.5. The van der Waals surface area contributed by atoms with E-state index in [1.165, 1.54) is 6.92 Å². The summed E-state index contributed by atoms with van der Waals surface area (Å²) in [5.74, 6) is -1.72. The zero-order valence-electron chi connectivity index (χ0n) is 14.5. The first-order valence-corrected chi connectivity index (χ1v) is 8.22. The van der Waals surface area contributed by atoms with E-state index in [1.54, 1.807) is 24.3 Å². The van der Waals surface area contributed by atoms with Gasteiger partial charge in [0.1, 0.15) is 6.04 Å². The predicted molar refractivity (Wildman–Crippen MR) is 92.3 cm³/mol. The molecule has 7 nitrogen and oxygen atoms in total. The van der Waals surface area contributed by atoms with Gasteiger partial charge >= 0.3 is 5.97 Å². The number of carbonyl (C=O) groups excluding carboxylic acids is 3. The van der Waals surface area contributed by atoms with Crippen LogP contribution in [0.4, 0.5) is 0 Å². The number of carboxylic acids is 1. The molecule has 0 saturated carbocycles. The SMILES string of the molecule is CCCC(=O)N[C@@H](Cc1ccc(C(C)=O)cc1)C(=O)NCCC(=O)O. The number of carbonyl (C=O) groups is 4. The highest BCUT2D eigenvalue weighted by atomic mass is 16.4. The average Bonchev–Trinajstić information content (AvgIpc) is 2.54. The summed E-state index contributed by atoms with van der Waals surface area (Å²) in [6, 6.07) is 6.02. The summed E-state index contributed by atoms with van der Waals surface area (Å²) in [7, 11) is 0. The molecule has 25 heavy (non-hydrogen) atoms. The van der Waals surface area contributed by atoms with Crippen molar-refractivity contribution in [1.29, 1.82) is 0 Å². The van der Waals surface area contributed by atoms with Crippen LogP contribution in [-0.2, 0) is 20.8 Å². The molecule has 0 spiro atoms. The average molecular weight is 348 g/mol. The van der Waals surface area contributed by atoms with Gasteiger partial charge in [0.05, 0.1) is 6.42 Å². The van der Waals surface area contributed by atoms with Gasteiger partial charge in [-0.1, -0.05) is 31.2 Å². The van der Waals surface area contributed by atoms with Crippen molar-refractivity contribution in [3.8, 4) is 0 Å². The second-order valence-corrected chi connectivity index (χ2v) is 5.76. The van der Waals surface area contributed by atoms with Crippen LogP contribution in [0.15, 0.2) is 24.3 Å². The van der Waals surface area contributed by atoms with Gasteiger partial charge < -0.3 is 15.7 Å². The summed E-state index contributed by atoms with van der Waals surface area (Å²) >= 11 is 0. The highest BCUT2D eigenvalue weighted by Gasteiger charge is 2.21. The van der Waals surface area contributed by atoms with E-state index in [0.29, 0.717) is 18.4 Å². The molecule has 0 fully saturated rings. The Labute approximate surface area is 146 Å². The van der Waals surface area contributed by atoms with Crippen molar-refractivity contribution in [1.82, 2.24) is 10.6 Å². The third-order valence-corrected chi connectivity index (χ3v) is 3.57. The second kappa shape index (κ2) is 10.2. The summed E-state index contributed by atoms with van der Waals surface area (Å²) in [6.07, 6.45) is 1.04. The van der Waals surface area contributed by atoms with Crippen LogP contribution in [0.2, 0.25) is 0 Å². The first-order chi connectivity index (χ1) is 11.8. The summed E-state index contributed by atoms with van der Waals surface area (Å²) in [5.41, 5.74) is 1.36. The Morgan fingerprint density at radius 3 is 2.24 bits per heavy atom. The maximum Gasteiger partial charge on any atom is 0.305 e. The third-order valence-electron chi connectivity index (χ3n) is 3.57. The molecule has 0 aromatic heterocycles. The number of benzene rings is 1. The number of hydrogen-bond acceptors (Lipinski definition) is 4. The third kappa shape index (κ3) is 7.60. The van der Waals surface area contributed by atoms with Crippen molar-refractivity contribution in [3.63, 3.8) is 0 Å². The lowest BCUT2D eigenvalue weighted by atomic mass is 10.0. The number of nitrogens with one attached hydrogen (secondary N) is 2. The summed E-state index contributed by atoms with van der Waals surface area (Å²) in [5, 5.41) is 13.8. The van der Waals surface area contributed by atoms with Gasteiger partial charge in [-0.05, 0) is 18.9 Å². The van der Waals surface area contributed by atoms with Crippen molar-refractivity contribution >= 4 is 23.6 Å². The molecule has 136 valence electrons. The van der Waals surface area contributed by atoms with Crippen LogP contribution in [0.5, 0.6) is 0 Å². The van der Waals surface area contributed by atoms with Crippen molar-refractivity contribution in [2.24, 2.45) is 0 Å². The van der Waals surface area contributed by atoms with Gasteiger partial charge in [-0.3, -0.25) is 19.2 Å². The minimum absolute atomic E-state index is 0.00239. The highest BCUT2D eigenvalue weighted by Crippen LogP contribution is 2.08. The molecule has 1 aromatic rings. The van der Waals surface area contributed by atoms with E-state index in [2.05, 4.69) is 10.6 Å². The molecule has 0 saturated heterocycles. The molecular weight excluding hydrogens is 324 g/mol. The number of hydrogen-bond donors (Lipinski definition) is 3. The topological polar surface area (TPSA) is 113 Å². The molecule has 0 radical (unpaired) electrons. The van der Waals surface area contributed by atoms with Gasteiger partial charge in [-0.2, -0.15) is 0 Å². The quantitative estimate of drug-likeness (QED) is 0.552. The largest absolute Gasteiger partial charge is 0.481 e. The number of rotatable bonds is 10. The Kier molecular flexibility index (Phi) is 8.32. The minimum Gasteiger partial charge on any atom is -0.481 e. The Morgan fingerprint density at radius 2 is 1.72 bits per heavy atom. The van der Waals surface area contributed by atoms with E-state index in [9.17, 15) is 19.2 Å². The van der Waals surface area contributed by atoms with E-state index in [4.69, 9.17) is 5.11 Å². The molecular formula is C18H24N2O5. The van der Waals surface area contributed by atoms with E-state index < -0.39 is 17.9 Å². The highest BCUT2D eigenvalue weighted by molar-refractivity contribution is 5.94. The molecule has 0 aliphatic carbocycles. The number of Topliss-reactive ketones (excluding diaryl/α,β-unsaturated/α-hetero) is 1. The minimum atomic E-state index is -1.01. The van der Waals surface area contributed by atoms with Crippen LogP contribution < -0.4 is 10.6 Å². The fourth-order valence-corrected chi connectivity index (χ4v) is 2.23. The van der Waals surface area contributed by atoms with Crippen LogP contribution in [0.25, 0.3) is 0 Å². The molecule has 7 heteroatoms. The van der Waals surface area contributed by atoms with Crippen molar-refractivity contribution in [3.05, 3.63) is 35.4 Å².